The van der Waals surface area contributed by atoms with Gasteiger partial charge in [-0.05, 0) is 40.2 Å². The van der Waals surface area contributed by atoms with Gasteiger partial charge < -0.3 is 4.74 Å². The van der Waals surface area contributed by atoms with Crippen molar-refractivity contribution >= 4 is 43.3 Å². The molecule has 2 nitrogen and oxygen atoms in total. The van der Waals surface area contributed by atoms with Gasteiger partial charge in [0.15, 0.2) is 0 Å². The molecule has 0 amide bonds. The van der Waals surface area contributed by atoms with Gasteiger partial charge in [-0.2, -0.15) is 0 Å². The quantitative estimate of drug-likeness (QED) is 0.493. The summed E-state index contributed by atoms with van der Waals surface area (Å²) in [6.07, 6.45) is 0. The predicted molar refractivity (Wildman–Crippen MR) is 80.9 cm³/mol. The summed E-state index contributed by atoms with van der Waals surface area (Å²) in [5, 5.41) is 2.93. The molecule has 1 heterocycles. The Balaban J connectivity index is 1.98. The molecule has 4 heteroatoms. The van der Waals surface area contributed by atoms with E-state index in [1.54, 1.807) is 29.5 Å². The van der Waals surface area contributed by atoms with E-state index in [4.69, 9.17) is 4.74 Å². The van der Waals surface area contributed by atoms with E-state index in [0.29, 0.717) is 11.3 Å². The molecule has 3 aromatic rings. The van der Waals surface area contributed by atoms with Crippen LogP contribution >= 0.6 is 27.3 Å². The van der Waals surface area contributed by atoms with Crippen molar-refractivity contribution in [2.75, 3.05) is 0 Å². The molecule has 0 aliphatic heterocycles. The minimum Gasteiger partial charge on any atom is -0.422 e. The van der Waals surface area contributed by atoms with Crippen molar-refractivity contribution in [3.05, 3.63) is 63.9 Å². The zero-order valence-electron chi connectivity index (χ0n) is 9.80. The van der Waals surface area contributed by atoms with Crippen LogP contribution < -0.4 is 4.74 Å². The number of carbonyl (C=O) groups is 1. The largest absolute Gasteiger partial charge is 0.422 e. The lowest BCUT2D eigenvalue weighted by Crippen LogP contribution is -2.08. The lowest BCUT2D eigenvalue weighted by atomic mass is 10.2. The Labute approximate surface area is 122 Å². The van der Waals surface area contributed by atoms with Gasteiger partial charge in [-0.25, -0.2) is 4.79 Å². The van der Waals surface area contributed by atoms with Crippen LogP contribution in [0.2, 0.25) is 0 Å². The molecule has 0 bridgehead atoms. The lowest BCUT2D eigenvalue weighted by Gasteiger charge is -2.06. The summed E-state index contributed by atoms with van der Waals surface area (Å²) in [6, 6.07) is 14.7. The average Bonchev–Trinajstić information content (AvgIpc) is 2.83. The second-order valence-corrected chi connectivity index (χ2v) is 5.73. The summed E-state index contributed by atoms with van der Waals surface area (Å²) < 4.78 is 7.53. The van der Waals surface area contributed by atoms with Crippen LogP contribution in [0.15, 0.2) is 58.4 Å². The zero-order valence-corrected chi connectivity index (χ0v) is 12.2. The summed E-state index contributed by atoms with van der Waals surface area (Å²) in [6.45, 7) is 0. The fourth-order valence-corrected chi connectivity index (χ4v) is 3.49. The SMILES string of the molecule is O=C(Oc1cccc2scc(Br)c12)c1ccccc1. The van der Waals surface area contributed by atoms with E-state index in [-0.39, 0.29) is 5.97 Å². The van der Waals surface area contributed by atoms with E-state index >= 15 is 0 Å². The summed E-state index contributed by atoms with van der Waals surface area (Å²) in [7, 11) is 0. The normalized spacial score (nSPS) is 10.6. The maximum atomic E-state index is 12.1. The number of carbonyl (C=O) groups excluding carboxylic acids is 1. The topological polar surface area (TPSA) is 26.3 Å². The van der Waals surface area contributed by atoms with Crippen LogP contribution in [-0.2, 0) is 0 Å². The smallest absolute Gasteiger partial charge is 0.343 e. The van der Waals surface area contributed by atoms with Crippen molar-refractivity contribution in [2.24, 2.45) is 0 Å². The fourth-order valence-electron chi connectivity index (χ4n) is 1.84. The first-order valence-corrected chi connectivity index (χ1v) is 7.36. The number of esters is 1. The number of hydrogen-bond donors (Lipinski definition) is 0. The minimum absolute atomic E-state index is 0.341. The van der Waals surface area contributed by atoms with E-state index in [1.807, 2.05) is 35.7 Å². The summed E-state index contributed by atoms with van der Waals surface area (Å²) in [4.78, 5) is 12.1. The first-order valence-electron chi connectivity index (χ1n) is 5.68. The third-order valence-electron chi connectivity index (χ3n) is 2.73. The Hall–Kier alpha value is -1.65. The highest BCUT2D eigenvalue weighted by atomic mass is 79.9. The van der Waals surface area contributed by atoms with Gasteiger partial charge in [0.2, 0.25) is 0 Å². The number of fused-ring (bicyclic) bond motifs is 1. The number of hydrogen-bond acceptors (Lipinski definition) is 3. The van der Waals surface area contributed by atoms with Gasteiger partial charge in [0.05, 0.1) is 5.56 Å². The predicted octanol–water partition coefficient (Wildman–Crippen LogP) is 4.88. The Kier molecular flexibility index (Phi) is 3.36. The Bertz CT molecular complexity index is 734. The molecule has 94 valence electrons. The summed E-state index contributed by atoms with van der Waals surface area (Å²) >= 11 is 5.10. The highest BCUT2D eigenvalue weighted by Crippen LogP contribution is 2.37. The minimum atomic E-state index is -0.341. The van der Waals surface area contributed by atoms with Gasteiger partial charge >= 0.3 is 5.97 Å². The second kappa shape index (κ2) is 5.15. The third-order valence-corrected chi connectivity index (χ3v) is 4.60. The first-order chi connectivity index (χ1) is 9.25. The van der Waals surface area contributed by atoms with Crippen LogP contribution in [0.3, 0.4) is 0 Å². The van der Waals surface area contributed by atoms with E-state index in [9.17, 15) is 4.79 Å². The molecular formula is C15H9BrO2S. The van der Waals surface area contributed by atoms with Crippen molar-refractivity contribution in [1.29, 1.82) is 0 Å². The molecule has 0 saturated heterocycles. The molecule has 3 rings (SSSR count). The van der Waals surface area contributed by atoms with Crippen LogP contribution in [0.25, 0.3) is 10.1 Å². The van der Waals surface area contributed by atoms with Gasteiger partial charge in [0.1, 0.15) is 5.75 Å². The number of halogens is 1. The Morgan fingerprint density at radius 3 is 2.63 bits per heavy atom. The van der Waals surface area contributed by atoms with Crippen molar-refractivity contribution in [3.8, 4) is 5.75 Å². The number of benzene rings is 2. The van der Waals surface area contributed by atoms with Crippen LogP contribution in [0.4, 0.5) is 0 Å². The molecule has 0 spiro atoms. The van der Waals surface area contributed by atoms with Gasteiger partial charge in [-0.1, -0.05) is 24.3 Å². The molecule has 0 fully saturated rings. The lowest BCUT2D eigenvalue weighted by molar-refractivity contribution is 0.0737. The van der Waals surface area contributed by atoms with Gasteiger partial charge in [-0.15, -0.1) is 11.3 Å². The molecular weight excluding hydrogens is 324 g/mol. The molecule has 0 aliphatic carbocycles. The molecule has 0 saturated carbocycles. The number of rotatable bonds is 2. The summed E-state index contributed by atoms with van der Waals surface area (Å²) in [5.41, 5.74) is 0.547. The van der Waals surface area contributed by atoms with Gasteiger partial charge in [0.25, 0.3) is 0 Å². The van der Waals surface area contributed by atoms with Gasteiger partial charge in [-0.3, -0.25) is 0 Å². The molecule has 19 heavy (non-hydrogen) atoms. The molecule has 0 unspecified atom stereocenters. The van der Waals surface area contributed by atoms with E-state index in [1.165, 1.54) is 0 Å². The number of ether oxygens (including phenoxy) is 1. The van der Waals surface area contributed by atoms with E-state index in [2.05, 4.69) is 15.9 Å². The maximum Gasteiger partial charge on any atom is 0.343 e. The second-order valence-electron chi connectivity index (χ2n) is 3.97. The van der Waals surface area contributed by atoms with Gasteiger partial charge in [0, 0.05) is 19.9 Å². The van der Waals surface area contributed by atoms with Crippen LogP contribution in [0.1, 0.15) is 10.4 Å². The summed E-state index contributed by atoms with van der Waals surface area (Å²) in [5.74, 6) is 0.241. The molecule has 2 aromatic carbocycles. The van der Waals surface area contributed by atoms with E-state index in [0.717, 1.165) is 14.6 Å². The third kappa shape index (κ3) is 2.41. The zero-order chi connectivity index (χ0) is 13.2. The Morgan fingerprint density at radius 1 is 1.05 bits per heavy atom. The monoisotopic (exact) mass is 332 g/mol. The fraction of sp³-hybridized carbons (Fsp3) is 0. The van der Waals surface area contributed by atoms with Crippen LogP contribution in [0.5, 0.6) is 5.75 Å². The van der Waals surface area contributed by atoms with Crippen molar-refractivity contribution in [1.82, 2.24) is 0 Å². The average molecular weight is 333 g/mol. The molecule has 0 radical (unpaired) electrons. The first kappa shape index (κ1) is 12.4. The highest BCUT2D eigenvalue weighted by Gasteiger charge is 2.13. The molecule has 0 atom stereocenters. The molecule has 1 aromatic heterocycles. The van der Waals surface area contributed by atoms with E-state index < -0.39 is 0 Å². The molecule has 0 aliphatic rings. The van der Waals surface area contributed by atoms with Crippen LogP contribution in [-0.4, -0.2) is 5.97 Å². The van der Waals surface area contributed by atoms with Crippen molar-refractivity contribution in [3.63, 3.8) is 0 Å². The standard InChI is InChI=1S/C15H9BrO2S/c16-11-9-19-13-8-4-7-12(14(11)13)18-15(17)10-5-2-1-3-6-10/h1-9H. The number of thiophene rings is 1. The van der Waals surface area contributed by atoms with Crippen molar-refractivity contribution in [2.45, 2.75) is 0 Å². The van der Waals surface area contributed by atoms with Crippen LogP contribution in [0, 0.1) is 0 Å². The maximum absolute atomic E-state index is 12.1. The highest BCUT2D eigenvalue weighted by molar-refractivity contribution is 9.10. The Morgan fingerprint density at radius 2 is 1.84 bits per heavy atom. The molecule has 0 N–H and O–H groups in total. The van der Waals surface area contributed by atoms with Crippen molar-refractivity contribution < 1.29 is 9.53 Å².